The molecule has 0 bridgehead atoms. The van der Waals surface area contributed by atoms with Gasteiger partial charge in [-0.1, -0.05) is 12.8 Å². The fourth-order valence-corrected chi connectivity index (χ4v) is 4.20. The molecule has 2 rings (SSSR count). The molecule has 3 N–H and O–H groups in total. The SMILES string of the molecule is CCOC(=O)NNC(=O)c1ccc(OC)c(S(=O)(=O)NC2CCCC2)c1. The first-order chi connectivity index (χ1) is 12.4. The number of ether oxygens (including phenoxy) is 2. The highest BCUT2D eigenvalue weighted by Crippen LogP contribution is 2.27. The van der Waals surface area contributed by atoms with E-state index in [0.717, 1.165) is 25.7 Å². The van der Waals surface area contributed by atoms with Crippen LogP contribution in [0.2, 0.25) is 0 Å². The van der Waals surface area contributed by atoms with Crippen molar-refractivity contribution in [3.8, 4) is 5.75 Å². The molecule has 1 aliphatic carbocycles. The lowest BCUT2D eigenvalue weighted by Gasteiger charge is -2.16. The van der Waals surface area contributed by atoms with Gasteiger partial charge in [0, 0.05) is 11.6 Å². The molecule has 1 fully saturated rings. The molecule has 0 saturated heterocycles. The quantitative estimate of drug-likeness (QED) is 0.635. The van der Waals surface area contributed by atoms with Gasteiger partial charge >= 0.3 is 6.09 Å². The molecule has 0 atom stereocenters. The molecule has 1 aromatic rings. The summed E-state index contributed by atoms with van der Waals surface area (Å²) in [6.07, 6.45) is 2.71. The van der Waals surface area contributed by atoms with Gasteiger partial charge in [-0.3, -0.25) is 10.2 Å². The number of carbonyl (C=O) groups is 2. The van der Waals surface area contributed by atoms with Gasteiger partial charge in [0.2, 0.25) is 10.0 Å². The van der Waals surface area contributed by atoms with Crippen LogP contribution < -0.4 is 20.3 Å². The van der Waals surface area contributed by atoms with Crippen LogP contribution in [0, 0.1) is 0 Å². The van der Waals surface area contributed by atoms with Gasteiger partial charge in [-0.05, 0) is 38.0 Å². The Bertz CT molecular complexity index is 759. The van der Waals surface area contributed by atoms with Crippen molar-refractivity contribution in [2.75, 3.05) is 13.7 Å². The highest BCUT2D eigenvalue weighted by atomic mass is 32.2. The van der Waals surface area contributed by atoms with E-state index in [1.165, 1.54) is 25.3 Å². The average Bonchev–Trinajstić information content (AvgIpc) is 3.11. The molecule has 1 aliphatic rings. The van der Waals surface area contributed by atoms with Crippen LogP contribution in [-0.2, 0) is 14.8 Å². The maximum Gasteiger partial charge on any atom is 0.426 e. The number of hydrazine groups is 1. The molecule has 10 heteroatoms. The summed E-state index contributed by atoms with van der Waals surface area (Å²) in [5.41, 5.74) is 4.27. The molecule has 0 unspecified atom stereocenters. The van der Waals surface area contributed by atoms with Gasteiger partial charge in [0.15, 0.2) is 0 Å². The van der Waals surface area contributed by atoms with Crippen molar-refractivity contribution in [3.63, 3.8) is 0 Å². The highest BCUT2D eigenvalue weighted by Gasteiger charge is 2.26. The Labute approximate surface area is 152 Å². The number of nitrogens with one attached hydrogen (secondary N) is 3. The van der Waals surface area contributed by atoms with Crippen molar-refractivity contribution in [3.05, 3.63) is 23.8 Å². The van der Waals surface area contributed by atoms with E-state index in [9.17, 15) is 18.0 Å². The third kappa shape index (κ3) is 5.09. The van der Waals surface area contributed by atoms with E-state index in [1.807, 2.05) is 0 Å². The minimum Gasteiger partial charge on any atom is -0.495 e. The van der Waals surface area contributed by atoms with Crippen LogP contribution in [0.25, 0.3) is 0 Å². The highest BCUT2D eigenvalue weighted by molar-refractivity contribution is 7.89. The summed E-state index contributed by atoms with van der Waals surface area (Å²) in [7, 11) is -2.50. The van der Waals surface area contributed by atoms with E-state index in [-0.39, 0.29) is 28.9 Å². The van der Waals surface area contributed by atoms with Crippen LogP contribution >= 0.6 is 0 Å². The van der Waals surface area contributed by atoms with E-state index in [0.29, 0.717) is 0 Å². The van der Waals surface area contributed by atoms with Crippen LogP contribution in [0.3, 0.4) is 0 Å². The Kier molecular flexibility index (Phi) is 6.81. The zero-order valence-corrected chi connectivity index (χ0v) is 15.5. The number of methoxy groups -OCH3 is 1. The van der Waals surface area contributed by atoms with Gasteiger partial charge in [0.1, 0.15) is 10.6 Å². The third-order valence-electron chi connectivity index (χ3n) is 3.95. The molecule has 9 nitrogen and oxygen atoms in total. The molecule has 26 heavy (non-hydrogen) atoms. The number of amides is 2. The summed E-state index contributed by atoms with van der Waals surface area (Å²) in [5.74, 6) is -0.552. The Morgan fingerprint density at radius 1 is 1.19 bits per heavy atom. The van der Waals surface area contributed by atoms with Crippen LogP contribution in [0.4, 0.5) is 4.79 Å². The van der Waals surface area contributed by atoms with Crippen LogP contribution in [0.15, 0.2) is 23.1 Å². The standard InChI is InChI=1S/C16H23N3O6S/c1-3-25-16(21)18-17-15(20)11-8-9-13(24-2)14(10-11)26(22,23)19-12-6-4-5-7-12/h8-10,12,19H,3-7H2,1-2H3,(H,17,20)(H,18,21). The minimum atomic E-state index is -3.85. The summed E-state index contributed by atoms with van der Waals surface area (Å²) in [6, 6.07) is 3.88. The van der Waals surface area contributed by atoms with Crippen LogP contribution in [-0.4, -0.2) is 40.2 Å². The zero-order chi connectivity index (χ0) is 19.2. The van der Waals surface area contributed by atoms with Crippen molar-refractivity contribution in [2.45, 2.75) is 43.5 Å². The molecule has 0 heterocycles. The first-order valence-corrected chi connectivity index (χ1v) is 9.79. The van der Waals surface area contributed by atoms with Crippen LogP contribution in [0.5, 0.6) is 5.75 Å². The van der Waals surface area contributed by atoms with Gasteiger partial charge in [-0.15, -0.1) is 0 Å². The summed E-state index contributed by atoms with van der Waals surface area (Å²) in [4.78, 5) is 23.2. The summed E-state index contributed by atoms with van der Waals surface area (Å²) < 4.78 is 37.8. The van der Waals surface area contributed by atoms with E-state index in [4.69, 9.17) is 4.74 Å². The normalized spacial score (nSPS) is 14.7. The van der Waals surface area contributed by atoms with E-state index >= 15 is 0 Å². The molecular formula is C16H23N3O6S. The van der Waals surface area contributed by atoms with Gasteiger partial charge < -0.3 is 9.47 Å². The van der Waals surface area contributed by atoms with Crippen molar-refractivity contribution in [2.24, 2.45) is 0 Å². The van der Waals surface area contributed by atoms with Gasteiger partial charge in [0.25, 0.3) is 5.91 Å². The zero-order valence-electron chi connectivity index (χ0n) is 14.7. The molecule has 0 spiro atoms. The molecule has 144 valence electrons. The van der Waals surface area contributed by atoms with Crippen molar-refractivity contribution >= 4 is 22.0 Å². The lowest BCUT2D eigenvalue weighted by atomic mass is 10.2. The molecule has 0 radical (unpaired) electrons. The number of hydrogen-bond donors (Lipinski definition) is 3. The van der Waals surface area contributed by atoms with Gasteiger partial charge in [-0.25, -0.2) is 23.4 Å². The summed E-state index contributed by atoms with van der Waals surface area (Å²) in [5, 5.41) is 0. The molecule has 0 aliphatic heterocycles. The molecule has 1 saturated carbocycles. The second-order valence-corrected chi connectivity index (χ2v) is 7.45. The molecular weight excluding hydrogens is 362 g/mol. The van der Waals surface area contributed by atoms with E-state index in [2.05, 4.69) is 20.3 Å². The predicted octanol–water partition coefficient (Wildman–Crippen LogP) is 1.31. The second-order valence-electron chi connectivity index (χ2n) is 5.77. The third-order valence-corrected chi connectivity index (χ3v) is 5.49. The summed E-state index contributed by atoms with van der Waals surface area (Å²) in [6.45, 7) is 1.78. The van der Waals surface area contributed by atoms with Gasteiger partial charge in [-0.2, -0.15) is 0 Å². The van der Waals surface area contributed by atoms with E-state index in [1.54, 1.807) is 6.92 Å². The lowest BCUT2D eigenvalue weighted by Crippen LogP contribution is -2.42. The minimum absolute atomic E-state index is 0.0504. The molecule has 2 amide bonds. The first kappa shape index (κ1) is 20.0. The van der Waals surface area contributed by atoms with Gasteiger partial charge in [0.05, 0.1) is 13.7 Å². The average molecular weight is 385 g/mol. The molecule has 1 aromatic carbocycles. The maximum absolute atomic E-state index is 12.7. The summed E-state index contributed by atoms with van der Waals surface area (Å²) >= 11 is 0. The van der Waals surface area contributed by atoms with Crippen molar-refractivity contribution in [1.82, 2.24) is 15.6 Å². The maximum atomic E-state index is 12.7. The number of carbonyl (C=O) groups excluding carboxylic acids is 2. The number of sulfonamides is 1. The fraction of sp³-hybridized carbons (Fsp3) is 0.500. The Hall–Kier alpha value is -2.33. The second kappa shape index (κ2) is 8.86. The van der Waals surface area contributed by atoms with E-state index < -0.39 is 22.0 Å². The topological polar surface area (TPSA) is 123 Å². The largest absolute Gasteiger partial charge is 0.495 e. The van der Waals surface area contributed by atoms with Crippen molar-refractivity contribution in [1.29, 1.82) is 0 Å². The smallest absolute Gasteiger partial charge is 0.426 e. The van der Waals surface area contributed by atoms with Crippen molar-refractivity contribution < 1.29 is 27.5 Å². The number of benzene rings is 1. The molecule has 0 aromatic heterocycles. The predicted molar refractivity (Wildman–Crippen MR) is 93.2 cm³/mol. The number of rotatable bonds is 6. The first-order valence-electron chi connectivity index (χ1n) is 8.31. The Morgan fingerprint density at radius 3 is 2.50 bits per heavy atom. The Morgan fingerprint density at radius 2 is 1.88 bits per heavy atom. The fourth-order valence-electron chi connectivity index (χ4n) is 2.70. The monoisotopic (exact) mass is 385 g/mol. The number of hydrogen-bond acceptors (Lipinski definition) is 6. The lowest BCUT2D eigenvalue weighted by molar-refractivity contribution is 0.0912. The Balaban J connectivity index is 2.19. The van der Waals surface area contributed by atoms with Crippen LogP contribution in [0.1, 0.15) is 43.0 Å².